The van der Waals surface area contributed by atoms with Gasteiger partial charge in [-0.3, -0.25) is 4.79 Å². The number of hydrogen-bond donors (Lipinski definition) is 4. The molecule has 0 saturated heterocycles. The zero-order chi connectivity index (χ0) is 13.4. The fourth-order valence-corrected chi connectivity index (χ4v) is 1.37. The average molecular weight is 252 g/mol. The number of aliphatic hydroxyl groups is 1. The summed E-state index contributed by atoms with van der Waals surface area (Å²) in [7, 11) is 0. The van der Waals surface area contributed by atoms with Crippen LogP contribution >= 0.6 is 0 Å². The molecule has 1 amide bonds. The highest BCUT2D eigenvalue weighted by atomic mass is 16.4. The number of aliphatic hydroxyl groups excluding tert-OH is 1. The average Bonchev–Trinajstić information content (AvgIpc) is 2.37. The Hall–Kier alpha value is -2.08. The van der Waals surface area contributed by atoms with E-state index in [0.717, 1.165) is 5.69 Å². The highest BCUT2D eigenvalue weighted by Crippen LogP contribution is 2.03. The summed E-state index contributed by atoms with van der Waals surface area (Å²) in [6.07, 6.45) is -0.00753. The van der Waals surface area contributed by atoms with Crippen molar-refractivity contribution < 1.29 is 19.8 Å². The van der Waals surface area contributed by atoms with Gasteiger partial charge in [0.05, 0.1) is 6.54 Å². The summed E-state index contributed by atoms with van der Waals surface area (Å²) in [5.74, 6) is -1.59. The first-order chi connectivity index (χ1) is 8.63. The quantitative estimate of drug-likeness (QED) is 0.549. The van der Waals surface area contributed by atoms with E-state index < -0.39 is 17.9 Å². The van der Waals surface area contributed by atoms with E-state index in [1.807, 2.05) is 18.2 Å². The van der Waals surface area contributed by atoms with Crippen molar-refractivity contribution in [3.63, 3.8) is 0 Å². The van der Waals surface area contributed by atoms with Crippen LogP contribution in [0.5, 0.6) is 0 Å². The number of amides is 1. The molecule has 0 aliphatic rings. The van der Waals surface area contributed by atoms with Crippen LogP contribution < -0.4 is 10.6 Å². The lowest BCUT2D eigenvalue weighted by molar-refractivity contribution is -0.142. The number of anilines is 1. The number of nitrogens with one attached hydrogen (secondary N) is 2. The summed E-state index contributed by atoms with van der Waals surface area (Å²) in [6.45, 7) is -0.303. The van der Waals surface area contributed by atoms with Crippen LogP contribution in [0.3, 0.4) is 0 Å². The second kappa shape index (κ2) is 7.29. The zero-order valence-corrected chi connectivity index (χ0v) is 9.80. The van der Waals surface area contributed by atoms with Gasteiger partial charge >= 0.3 is 5.97 Å². The predicted molar refractivity (Wildman–Crippen MR) is 66.2 cm³/mol. The van der Waals surface area contributed by atoms with Gasteiger partial charge in [0.1, 0.15) is 6.04 Å². The number of hydrogen-bond acceptors (Lipinski definition) is 4. The molecule has 98 valence electrons. The van der Waals surface area contributed by atoms with Gasteiger partial charge in [-0.25, -0.2) is 4.79 Å². The van der Waals surface area contributed by atoms with Crippen molar-refractivity contribution >= 4 is 17.6 Å². The van der Waals surface area contributed by atoms with Gasteiger partial charge < -0.3 is 20.8 Å². The minimum Gasteiger partial charge on any atom is -0.480 e. The van der Waals surface area contributed by atoms with E-state index in [4.69, 9.17) is 10.2 Å². The van der Waals surface area contributed by atoms with Gasteiger partial charge in [0, 0.05) is 18.7 Å². The molecule has 1 aromatic carbocycles. The maximum atomic E-state index is 11.5. The van der Waals surface area contributed by atoms with Crippen LogP contribution in [0.4, 0.5) is 5.69 Å². The molecule has 6 nitrogen and oxygen atoms in total. The van der Waals surface area contributed by atoms with Gasteiger partial charge in [-0.05, 0) is 12.1 Å². The van der Waals surface area contributed by atoms with E-state index in [-0.39, 0.29) is 19.6 Å². The van der Waals surface area contributed by atoms with Crippen LogP contribution in [-0.2, 0) is 9.59 Å². The van der Waals surface area contributed by atoms with Crippen molar-refractivity contribution in [3.8, 4) is 0 Å². The fraction of sp³-hybridized carbons (Fsp3) is 0.333. The van der Waals surface area contributed by atoms with E-state index in [1.165, 1.54) is 0 Å². The summed E-state index contributed by atoms with van der Waals surface area (Å²) in [5, 5.41) is 22.7. The summed E-state index contributed by atoms with van der Waals surface area (Å²) in [6, 6.07) is 8.05. The van der Waals surface area contributed by atoms with Gasteiger partial charge in [-0.2, -0.15) is 0 Å². The second-order valence-electron chi connectivity index (χ2n) is 3.69. The van der Waals surface area contributed by atoms with Gasteiger partial charge in [0.25, 0.3) is 0 Å². The highest BCUT2D eigenvalue weighted by Gasteiger charge is 2.18. The molecule has 0 bridgehead atoms. The van der Waals surface area contributed by atoms with E-state index in [0.29, 0.717) is 0 Å². The third-order valence-corrected chi connectivity index (χ3v) is 2.28. The number of para-hydroxylation sites is 1. The van der Waals surface area contributed by atoms with E-state index >= 15 is 0 Å². The third kappa shape index (κ3) is 4.84. The molecule has 0 radical (unpaired) electrons. The molecular weight excluding hydrogens is 236 g/mol. The van der Waals surface area contributed by atoms with Gasteiger partial charge in [-0.1, -0.05) is 18.2 Å². The highest BCUT2D eigenvalue weighted by molar-refractivity contribution is 5.86. The minimum atomic E-state index is -1.16. The smallest absolute Gasteiger partial charge is 0.326 e. The fourth-order valence-electron chi connectivity index (χ4n) is 1.37. The predicted octanol–water partition coefficient (Wildman–Crippen LogP) is 0.0503. The van der Waals surface area contributed by atoms with Crippen molar-refractivity contribution in [2.75, 3.05) is 18.5 Å². The Balaban J connectivity index is 2.39. The van der Waals surface area contributed by atoms with Crippen LogP contribution in [-0.4, -0.2) is 41.3 Å². The van der Waals surface area contributed by atoms with Crippen LogP contribution in [0.1, 0.15) is 6.42 Å². The Morgan fingerprint density at radius 2 is 1.89 bits per heavy atom. The Kier molecular flexibility index (Phi) is 5.66. The molecule has 0 aromatic heterocycles. The molecule has 0 aliphatic heterocycles. The number of rotatable bonds is 7. The largest absolute Gasteiger partial charge is 0.480 e. The number of carboxylic acids is 1. The topological polar surface area (TPSA) is 98.7 Å². The molecule has 1 aromatic rings. The van der Waals surface area contributed by atoms with E-state index in [2.05, 4.69) is 10.6 Å². The molecule has 6 heteroatoms. The molecule has 0 spiro atoms. The Bertz CT molecular complexity index is 394. The Labute approximate surface area is 105 Å². The molecule has 0 saturated carbocycles. The maximum Gasteiger partial charge on any atom is 0.326 e. The van der Waals surface area contributed by atoms with Gasteiger partial charge in [-0.15, -0.1) is 0 Å². The first-order valence-corrected chi connectivity index (χ1v) is 5.55. The molecule has 0 aliphatic carbocycles. The Morgan fingerprint density at radius 3 is 2.44 bits per heavy atom. The van der Waals surface area contributed by atoms with E-state index in [1.54, 1.807) is 12.1 Å². The molecular formula is C12H16N2O4. The van der Waals surface area contributed by atoms with Gasteiger partial charge in [0.15, 0.2) is 0 Å². The minimum absolute atomic E-state index is 0.00753. The third-order valence-electron chi connectivity index (χ3n) is 2.28. The molecule has 4 N–H and O–H groups in total. The van der Waals surface area contributed by atoms with Crippen LogP contribution in [0.25, 0.3) is 0 Å². The number of carbonyl (C=O) groups is 2. The van der Waals surface area contributed by atoms with Crippen molar-refractivity contribution in [2.24, 2.45) is 0 Å². The Morgan fingerprint density at radius 1 is 1.22 bits per heavy atom. The molecule has 1 atom stereocenters. The van der Waals surface area contributed by atoms with Crippen LogP contribution in [0.2, 0.25) is 0 Å². The standard InChI is InChI=1S/C12H16N2O4/c15-7-6-10(12(17)18)14-11(16)8-13-9-4-2-1-3-5-9/h1-5,10,13,15H,6-8H2,(H,14,16)(H,17,18)/t10-/m0/s1. The summed E-state index contributed by atoms with van der Waals surface area (Å²) < 4.78 is 0. The molecule has 18 heavy (non-hydrogen) atoms. The van der Waals surface area contributed by atoms with E-state index in [9.17, 15) is 9.59 Å². The van der Waals surface area contributed by atoms with Crippen molar-refractivity contribution in [3.05, 3.63) is 30.3 Å². The van der Waals surface area contributed by atoms with Gasteiger partial charge in [0.2, 0.25) is 5.91 Å². The number of benzene rings is 1. The molecule has 0 fully saturated rings. The monoisotopic (exact) mass is 252 g/mol. The maximum absolute atomic E-state index is 11.5. The zero-order valence-electron chi connectivity index (χ0n) is 9.80. The normalized spacial score (nSPS) is 11.6. The summed E-state index contributed by atoms with van der Waals surface area (Å²) >= 11 is 0. The lowest BCUT2D eigenvalue weighted by Crippen LogP contribution is -2.43. The molecule has 1 rings (SSSR count). The first kappa shape index (κ1) is 14.0. The van der Waals surface area contributed by atoms with Crippen LogP contribution in [0, 0.1) is 0 Å². The van der Waals surface area contributed by atoms with Crippen molar-refractivity contribution in [1.82, 2.24) is 5.32 Å². The lowest BCUT2D eigenvalue weighted by Gasteiger charge is -2.13. The summed E-state index contributed by atoms with van der Waals surface area (Å²) in [5.41, 5.74) is 0.779. The van der Waals surface area contributed by atoms with Crippen molar-refractivity contribution in [2.45, 2.75) is 12.5 Å². The molecule has 0 heterocycles. The number of carboxylic acid groups (broad SMARTS) is 1. The summed E-state index contributed by atoms with van der Waals surface area (Å²) in [4.78, 5) is 22.2. The van der Waals surface area contributed by atoms with Crippen molar-refractivity contribution in [1.29, 1.82) is 0 Å². The lowest BCUT2D eigenvalue weighted by atomic mass is 10.2. The van der Waals surface area contributed by atoms with Crippen LogP contribution in [0.15, 0.2) is 30.3 Å². The second-order valence-corrected chi connectivity index (χ2v) is 3.69. The molecule has 0 unspecified atom stereocenters. The number of aliphatic carboxylic acids is 1. The first-order valence-electron chi connectivity index (χ1n) is 5.55. The number of carbonyl (C=O) groups excluding carboxylic acids is 1. The SMILES string of the molecule is O=C(CNc1ccccc1)N[C@@H](CCO)C(=O)O.